The van der Waals surface area contributed by atoms with Gasteiger partial charge in [-0.2, -0.15) is 5.10 Å². The number of aromatic amines is 1. The molecule has 0 aliphatic rings. The van der Waals surface area contributed by atoms with Gasteiger partial charge >= 0.3 is 0 Å². The summed E-state index contributed by atoms with van der Waals surface area (Å²) < 4.78 is 1.95. The molecule has 0 aliphatic heterocycles. The highest BCUT2D eigenvalue weighted by Crippen LogP contribution is 2.19. The zero-order valence-corrected chi connectivity index (χ0v) is 9.24. The predicted octanol–water partition coefficient (Wildman–Crippen LogP) is 1.87. The van der Waals surface area contributed by atoms with Crippen LogP contribution in [0.15, 0.2) is 17.1 Å². The third-order valence-electron chi connectivity index (χ3n) is 2.51. The topological polar surface area (TPSA) is 50.7 Å². The molecule has 0 saturated carbocycles. The maximum atomic E-state index is 11.2. The summed E-state index contributed by atoms with van der Waals surface area (Å²) in [5.74, 6) is 0. The van der Waals surface area contributed by atoms with E-state index in [9.17, 15) is 4.79 Å². The van der Waals surface area contributed by atoms with Crippen LogP contribution in [0.25, 0.3) is 10.9 Å². The van der Waals surface area contributed by atoms with E-state index in [0.717, 1.165) is 23.0 Å². The Balaban J connectivity index is 2.81. The van der Waals surface area contributed by atoms with Crippen LogP contribution >= 0.6 is 0 Å². The summed E-state index contributed by atoms with van der Waals surface area (Å²) in [5.41, 5.74) is 1.92. The Labute approximate surface area is 87.9 Å². The van der Waals surface area contributed by atoms with E-state index in [1.54, 1.807) is 12.3 Å². The monoisotopic (exact) mass is 205 g/mol. The molecule has 0 spiro atoms. The number of hydrogen-bond donors (Lipinski definition) is 1. The molecule has 1 N–H and O–H groups in total. The van der Waals surface area contributed by atoms with Crippen LogP contribution in [0.4, 0.5) is 0 Å². The summed E-state index contributed by atoms with van der Waals surface area (Å²) in [5, 5.41) is 5.47. The zero-order chi connectivity index (χ0) is 11.0. The molecule has 2 aromatic heterocycles. The number of fused-ring (bicyclic) bond motifs is 1. The number of pyridine rings is 1. The van der Waals surface area contributed by atoms with Gasteiger partial charge < -0.3 is 4.98 Å². The lowest BCUT2D eigenvalue weighted by molar-refractivity contribution is 0.544. The zero-order valence-electron chi connectivity index (χ0n) is 9.24. The van der Waals surface area contributed by atoms with Gasteiger partial charge in [-0.25, -0.2) is 0 Å². The number of H-pyrrole nitrogens is 1. The van der Waals surface area contributed by atoms with Gasteiger partial charge in [0, 0.05) is 23.7 Å². The third-order valence-corrected chi connectivity index (χ3v) is 2.51. The maximum Gasteiger partial charge on any atom is 0.248 e. The average molecular weight is 205 g/mol. The van der Waals surface area contributed by atoms with Crippen molar-refractivity contribution < 1.29 is 0 Å². The molecule has 2 rings (SSSR count). The SMILES string of the molecule is CCc1nn(C(C)C)c2c[nH]c(=O)cc12. The Morgan fingerprint density at radius 1 is 1.53 bits per heavy atom. The summed E-state index contributed by atoms with van der Waals surface area (Å²) in [6.07, 6.45) is 2.59. The molecule has 2 heterocycles. The number of nitrogens with zero attached hydrogens (tertiary/aromatic N) is 2. The van der Waals surface area contributed by atoms with Gasteiger partial charge in [0.2, 0.25) is 5.56 Å². The number of aryl methyl sites for hydroxylation is 1. The molecule has 0 radical (unpaired) electrons. The predicted molar refractivity (Wildman–Crippen MR) is 60.1 cm³/mol. The molecular weight excluding hydrogens is 190 g/mol. The molecule has 0 atom stereocenters. The summed E-state index contributed by atoms with van der Waals surface area (Å²) >= 11 is 0. The Hall–Kier alpha value is -1.58. The lowest BCUT2D eigenvalue weighted by Crippen LogP contribution is -2.05. The van der Waals surface area contributed by atoms with Crippen molar-refractivity contribution in [3.05, 3.63) is 28.3 Å². The van der Waals surface area contributed by atoms with E-state index in [1.165, 1.54) is 0 Å². The Kier molecular flexibility index (Phi) is 2.34. The smallest absolute Gasteiger partial charge is 0.248 e. The molecule has 0 bridgehead atoms. The first-order valence-electron chi connectivity index (χ1n) is 5.23. The van der Waals surface area contributed by atoms with Crippen molar-refractivity contribution >= 4 is 10.9 Å². The molecule has 0 unspecified atom stereocenters. The van der Waals surface area contributed by atoms with Gasteiger partial charge in [0.15, 0.2) is 0 Å². The highest BCUT2D eigenvalue weighted by molar-refractivity contribution is 5.81. The molecule has 0 aromatic carbocycles. The van der Waals surface area contributed by atoms with E-state index < -0.39 is 0 Å². The van der Waals surface area contributed by atoms with Crippen LogP contribution in [-0.4, -0.2) is 14.8 Å². The van der Waals surface area contributed by atoms with Crippen molar-refractivity contribution in [1.82, 2.24) is 14.8 Å². The maximum absolute atomic E-state index is 11.2. The molecule has 80 valence electrons. The quantitative estimate of drug-likeness (QED) is 0.813. The normalized spacial score (nSPS) is 11.5. The van der Waals surface area contributed by atoms with Gasteiger partial charge in [0.25, 0.3) is 0 Å². The van der Waals surface area contributed by atoms with E-state index in [1.807, 2.05) is 11.6 Å². The molecule has 0 saturated heterocycles. The Morgan fingerprint density at radius 2 is 2.27 bits per heavy atom. The average Bonchev–Trinajstić information content (AvgIpc) is 2.55. The van der Waals surface area contributed by atoms with Crippen LogP contribution < -0.4 is 5.56 Å². The minimum atomic E-state index is -0.0690. The fraction of sp³-hybridized carbons (Fsp3) is 0.455. The lowest BCUT2D eigenvalue weighted by Gasteiger charge is -2.05. The fourth-order valence-electron chi connectivity index (χ4n) is 1.78. The molecule has 0 fully saturated rings. The molecule has 0 aliphatic carbocycles. The fourth-order valence-corrected chi connectivity index (χ4v) is 1.78. The van der Waals surface area contributed by atoms with Gasteiger partial charge in [-0.1, -0.05) is 6.92 Å². The van der Waals surface area contributed by atoms with Crippen molar-refractivity contribution in [3.63, 3.8) is 0 Å². The second-order valence-corrected chi connectivity index (χ2v) is 3.93. The van der Waals surface area contributed by atoms with Crippen LogP contribution in [0.5, 0.6) is 0 Å². The van der Waals surface area contributed by atoms with Gasteiger partial charge in [0.05, 0.1) is 11.2 Å². The first-order chi connectivity index (χ1) is 7.13. The minimum absolute atomic E-state index is 0.0690. The Bertz CT molecular complexity index is 536. The van der Waals surface area contributed by atoms with Gasteiger partial charge in [-0.05, 0) is 20.3 Å². The van der Waals surface area contributed by atoms with Crippen LogP contribution in [0.2, 0.25) is 0 Å². The van der Waals surface area contributed by atoms with E-state index in [-0.39, 0.29) is 5.56 Å². The van der Waals surface area contributed by atoms with Crippen molar-refractivity contribution in [1.29, 1.82) is 0 Å². The van der Waals surface area contributed by atoms with Gasteiger partial charge in [0.1, 0.15) is 0 Å². The van der Waals surface area contributed by atoms with E-state index in [4.69, 9.17) is 0 Å². The first-order valence-corrected chi connectivity index (χ1v) is 5.23. The van der Waals surface area contributed by atoms with E-state index >= 15 is 0 Å². The van der Waals surface area contributed by atoms with E-state index in [2.05, 4.69) is 23.9 Å². The van der Waals surface area contributed by atoms with Crippen LogP contribution in [0.1, 0.15) is 32.5 Å². The number of nitrogens with one attached hydrogen (secondary N) is 1. The van der Waals surface area contributed by atoms with E-state index in [0.29, 0.717) is 6.04 Å². The summed E-state index contributed by atoms with van der Waals surface area (Å²) in [6, 6.07) is 1.93. The third kappa shape index (κ3) is 1.56. The van der Waals surface area contributed by atoms with Crippen LogP contribution in [0.3, 0.4) is 0 Å². The number of aromatic nitrogens is 3. The standard InChI is InChI=1S/C11H15N3O/c1-4-9-8-5-11(15)12-6-10(8)14(13-9)7(2)3/h5-7H,4H2,1-3H3,(H,12,15). The summed E-state index contributed by atoms with van der Waals surface area (Å²) in [7, 11) is 0. The van der Waals surface area contributed by atoms with Crippen molar-refractivity contribution in [2.45, 2.75) is 33.2 Å². The molecule has 15 heavy (non-hydrogen) atoms. The van der Waals surface area contributed by atoms with Crippen molar-refractivity contribution in [2.24, 2.45) is 0 Å². The van der Waals surface area contributed by atoms with Crippen molar-refractivity contribution in [3.8, 4) is 0 Å². The first kappa shape index (κ1) is 9.96. The van der Waals surface area contributed by atoms with Crippen LogP contribution in [0, 0.1) is 0 Å². The second-order valence-electron chi connectivity index (χ2n) is 3.93. The molecular formula is C11H15N3O. The molecule has 4 nitrogen and oxygen atoms in total. The molecule has 4 heteroatoms. The van der Waals surface area contributed by atoms with Crippen LogP contribution in [-0.2, 0) is 6.42 Å². The summed E-state index contributed by atoms with van der Waals surface area (Å²) in [6.45, 7) is 6.21. The summed E-state index contributed by atoms with van der Waals surface area (Å²) in [4.78, 5) is 13.9. The van der Waals surface area contributed by atoms with Gasteiger partial charge in [-0.3, -0.25) is 9.48 Å². The number of hydrogen-bond acceptors (Lipinski definition) is 2. The largest absolute Gasteiger partial charge is 0.327 e. The highest BCUT2D eigenvalue weighted by atomic mass is 16.1. The second kappa shape index (κ2) is 3.53. The minimum Gasteiger partial charge on any atom is -0.327 e. The molecule has 2 aromatic rings. The molecule has 0 amide bonds. The number of rotatable bonds is 2. The highest BCUT2D eigenvalue weighted by Gasteiger charge is 2.11. The van der Waals surface area contributed by atoms with Crippen molar-refractivity contribution in [2.75, 3.05) is 0 Å². The Morgan fingerprint density at radius 3 is 2.87 bits per heavy atom. The van der Waals surface area contributed by atoms with Gasteiger partial charge in [-0.15, -0.1) is 0 Å². The lowest BCUT2D eigenvalue weighted by atomic mass is 10.2.